The summed E-state index contributed by atoms with van der Waals surface area (Å²) in [5.74, 6) is 0.233. The summed E-state index contributed by atoms with van der Waals surface area (Å²) in [6.07, 6.45) is 0. The Morgan fingerprint density at radius 2 is 2.05 bits per heavy atom. The summed E-state index contributed by atoms with van der Waals surface area (Å²) in [4.78, 5) is 15.5. The van der Waals surface area contributed by atoms with Gasteiger partial charge in [0.2, 0.25) is 0 Å². The van der Waals surface area contributed by atoms with Crippen LogP contribution in [0.1, 0.15) is 46.1 Å². The lowest BCUT2D eigenvalue weighted by atomic mass is 10.0. The van der Waals surface area contributed by atoms with Gasteiger partial charge in [0.1, 0.15) is 12.1 Å². The molecule has 116 valence electrons. The second kappa shape index (κ2) is 7.11. The van der Waals surface area contributed by atoms with Crippen molar-refractivity contribution in [3.63, 3.8) is 0 Å². The van der Waals surface area contributed by atoms with Crippen LogP contribution in [0.5, 0.6) is 0 Å². The number of nitrogens with zero attached hydrogens (tertiary/aromatic N) is 1. The van der Waals surface area contributed by atoms with Crippen LogP contribution in [-0.2, 0) is 9.53 Å². The Hall–Kier alpha value is -2.04. The number of carbonyl (C=O) groups is 1. The fraction of sp³-hybridized carbons (Fsp3) is 0.500. The van der Waals surface area contributed by atoms with E-state index < -0.39 is 11.6 Å². The van der Waals surface area contributed by atoms with Crippen molar-refractivity contribution in [2.45, 2.75) is 46.1 Å². The molecule has 5 nitrogen and oxygen atoms in total. The van der Waals surface area contributed by atoms with E-state index in [9.17, 15) is 4.79 Å². The van der Waals surface area contributed by atoms with E-state index in [1.165, 1.54) is 5.56 Å². The Bertz CT molecular complexity index is 516. The molecule has 0 aliphatic rings. The fourth-order valence-corrected chi connectivity index (χ4v) is 1.69. The van der Waals surface area contributed by atoms with E-state index in [4.69, 9.17) is 10.5 Å². The molecule has 0 unspecified atom stereocenters. The van der Waals surface area contributed by atoms with Crippen molar-refractivity contribution in [3.8, 4) is 0 Å². The quantitative estimate of drug-likeness (QED) is 0.508. The minimum absolute atomic E-state index is 0.0972. The Balaban J connectivity index is 2.60. The van der Waals surface area contributed by atoms with Crippen LogP contribution in [0.2, 0.25) is 0 Å². The van der Waals surface area contributed by atoms with E-state index in [0.717, 1.165) is 5.69 Å². The van der Waals surface area contributed by atoms with Crippen LogP contribution < -0.4 is 11.1 Å². The molecule has 0 saturated heterocycles. The molecule has 0 heterocycles. The molecule has 0 radical (unpaired) electrons. The average Bonchev–Trinajstić information content (AvgIpc) is 2.34. The predicted molar refractivity (Wildman–Crippen MR) is 86.5 cm³/mol. The summed E-state index contributed by atoms with van der Waals surface area (Å²) in [5, 5.41) is 2.98. The molecule has 0 atom stereocenters. The van der Waals surface area contributed by atoms with Gasteiger partial charge in [-0.15, -0.1) is 0 Å². The van der Waals surface area contributed by atoms with Crippen LogP contribution in [0.4, 0.5) is 5.69 Å². The number of nitrogens with one attached hydrogen (secondary N) is 1. The molecular weight excluding hydrogens is 266 g/mol. The summed E-state index contributed by atoms with van der Waals surface area (Å²) in [6, 6.07) is 7.94. The minimum atomic E-state index is -0.514. The van der Waals surface area contributed by atoms with Crippen molar-refractivity contribution in [1.29, 1.82) is 0 Å². The maximum absolute atomic E-state index is 11.5. The molecular formula is C16H25N3O2. The first-order chi connectivity index (χ1) is 9.67. The van der Waals surface area contributed by atoms with Gasteiger partial charge in [-0.2, -0.15) is 0 Å². The first-order valence-corrected chi connectivity index (χ1v) is 7.06. The number of benzene rings is 1. The van der Waals surface area contributed by atoms with Gasteiger partial charge in [-0.25, -0.2) is 4.99 Å². The summed E-state index contributed by atoms with van der Waals surface area (Å²) < 4.78 is 5.16. The molecule has 0 fully saturated rings. The molecule has 5 heteroatoms. The number of nitrogens with two attached hydrogens (primary N) is 1. The Morgan fingerprint density at radius 3 is 2.62 bits per heavy atom. The molecule has 0 aliphatic heterocycles. The van der Waals surface area contributed by atoms with Gasteiger partial charge in [0.05, 0.1) is 0 Å². The Kier molecular flexibility index (Phi) is 5.76. The zero-order chi connectivity index (χ0) is 16.0. The van der Waals surface area contributed by atoms with Crippen LogP contribution in [-0.4, -0.2) is 24.1 Å². The van der Waals surface area contributed by atoms with Gasteiger partial charge in [-0.3, -0.25) is 4.79 Å². The highest BCUT2D eigenvalue weighted by molar-refractivity contribution is 5.93. The number of guanidine groups is 1. The maximum atomic E-state index is 11.5. The van der Waals surface area contributed by atoms with Gasteiger partial charge in [0.25, 0.3) is 0 Å². The topological polar surface area (TPSA) is 76.7 Å². The lowest BCUT2D eigenvalue weighted by Crippen LogP contribution is -2.28. The Morgan fingerprint density at radius 1 is 1.38 bits per heavy atom. The SMILES string of the molecule is CC(C)c1cccc(NC(N)=NCC(=O)OC(C)(C)C)c1. The van der Waals surface area contributed by atoms with Crippen molar-refractivity contribution < 1.29 is 9.53 Å². The third kappa shape index (κ3) is 6.79. The molecule has 1 rings (SSSR count). The molecule has 21 heavy (non-hydrogen) atoms. The van der Waals surface area contributed by atoms with Gasteiger partial charge in [-0.1, -0.05) is 26.0 Å². The normalized spacial score (nSPS) is 12.4. The average molecular weight is 291 g/mol. The lowest BCUT2D eigenvalue weighted by molar-refractivity contribution is -0.152. The van der Waals surface area contributed by atoms with E-state index in [0.29, 0.717) is 5.92 Å². The summed E-state index contributed by atoms with van der Waals surface area (Å²) in [5.41, 5.74) is 7.32. The molecule has 3 N–H and O–H groups in total. The molecule has 0 bridgehead atoms. The Labute approximate surface area is 126 Å². The molecule has 0 aromatic heterocycles. The number of anilines is 1. The van der Waals surface area contributed by atoms with Crippen molar-refractivity contribution in [3.05, 3.63) is 29.8 Å². The second-order valence-corrected chi connectivity index (χ2v) is 6.19. The standard InChI is InChI=1S/C16H25N3O2/c1-11(2)12-7-6-8-13(9-12)19-15(17)18-10-14(20)21-16(3,4)5/h6-9,11H,10H2,1-5H3,(H3,17,18,19). The van der Waals surface area contributed by atoms with E-state index in [-0.39, 0.29) is 12.5 Å². The number of esters is 1. The van der Waals surface area contributed by atoms with E-state index in [2.05, 4.69) is 30.2 Å². The third-order valence-electron chi connectivity index (χ3n) is 2.62. The van der Waals surface area contributed by atoms with Crippen LogP contribution in [0.3, 0.4) is 0 Å². The van der Waals surface area contributed by atoms with Crippen LogP contribution >= 0.6 is 0 Å². The maximum Gasteiger partial charge on any atom is 0.328 e. The number of aliphatic imine (C=N–C) groups is 1. The number of hydrogen-bond donors (Lipinski definition) is 2. The number of hydrogen-bond acceptors (Lipinski definition) is 3. The van der Waals surface area contributed by atoms with E-state index in [1.807, 2.05) is 39.0 Å². The highest BCUT2D eigenvalue weighted by atomic mass is 16.6. The van der Waals surface area contributed by atoms with Gasteiger partial charge in [0.15, 0.2) is 5.96 Å². The minimum Gasteiger partial charge on any atom is -0.459 e. The summed E-state index contributed by atoms with van der Waals surface area (Å²) in [7, 11) is 0. The molecule has 0 aliphatic carbocycles. The number of rotatable bonds is 4. The zero-order valence-electron chi connectivity index (χ0n) is 13.4. The number of carbonyl (C=O) groups excluding carboxylic acids is 1. The van der Waals surface area contributed by atoms with Crippen molar-refractivity contribution in [2.75, 3.05) is 11.9 Å². The summed E-state index contributed by atoms with van der Waals surface area (Å²) in [6.45, 7) is 9.59. The first kappa shape index (κ1) is 17.0. The van der Waals surface area contributed by atoms with E-state index in [1.54, 1.807) is 0 Å². The fourth-order valence-electron chi connectivity index (χ4n) is 1.69. The predicted octanol–water partition coefficient (Wildman–Crippen LogP) is 2.88. The van der Waals surface area contributed by atoms with Crippen LogP contribution in [0, 0.1) is 0 Å². The summed E-state index contributed by atoms with van der Waals surface area (Å²) >= 11 is 0. The van der Waals surface area contributed by atoms with Crippen LogP contribution in [0.25, 0.3) is 0 Å². The monoisotopic (exact) mass is 291 g/mol. The largest absolute Gasteiger partial charge is 0.459 e. The smallest absolute Gasteiger partial charge is 0.328 e. The highest BCUT2D eigenvalue weighted by Crippen LogP contribution is 2.18. The van der Waals surface area contributed by atoms with Crippen molar-refractivity contribution in [2.24, 2.45) is 10.7 Å². The molecule has 0 saturated carbocycles. The van der Waals surface area contributed by atoms with Crippen LogP contribution in [0.15, 0.2) is 29.3 Å². The lowest BCUT2D eigenvalue weighted by Gasteiger charge is -2.18. The first-order valence-electron chi connectivity index (χ1n) is 7.06. The van der Waals surface area contributed by atoms with Gasteiger partial charge in [0, 0.05) is 5.69 Å². The van der Waals surface area contributed by atoms with Crippen molar-refractivity contribution >= 4 is 17.6 Å². The molecule has 1 aromatic rings. The molecule has 0 spiro atoms. The second-order valence-electron chi connectivity index (χ2n) is 6.19. The van der Waals surface area contributed by atoms with E-state index >= 15 is 0 Å². The van der Waals surface area contributed by atoms with Gasteiger partial charge >= 0.3 is 5.97 Å². The zero-order valence-corrected chi connectivity index (χ0v) is 13.4. The third-order valence-corrected chi connectivity index (χ3v) is 2.62. The highest BCUT2D eigenvalue weighted by Gasteiger charge is 2.15. The van der Waals surface area contributed by atoms with Gasteiger partial charge in [-0.05, 0) is 44.4 Å². The molecule has 1 aromatic carbocycles. The molecule has 0 amide bonds. The van der Waals surface area contributed by atoms with Gasteiger partial charge < -0.3 is 15.8 Å². The van der Waals surface area contributed by atoms with Crippen molar-refractivity contribution in [1.82, 2.24) is 0 Å². The number of ether oxygens (including phenoxy) is 1.